The third kappa shape index (κ3) is 1.29. The van der Waals surface area contributed by atoms with Crippen LogP contribution in [0.15, 0.2) is 17.6 Å². The van der Waals surface area contributed by atoms with Crippen molar-refractivity contribution in [3.63, 3.8) is 0 Å². The van der Waals surface area contributed by atoms with Crippen molar-refractivity contribution >= 4 is 9.84 Å². The lowest BCUT2D eigenvalue weighted by atomic mass is 11.0. The van der Waals surface area contributed by atoms with E-state index in [9.17, 15) is 8.42 Å². The molecule has 48 valence electrons. The molecule has 1 heterocycles. The van der Waals surface area contributed by atoms with Crippen molar-refractivity contribution in [3.8, 4) is 0 Å². The maximum Gasteiger partial charge on any atom is 0.225 e. The first-order valence-corrected chi connectivity index (χ1v) is 3.67. The molecule has 0 aliphatic rings. The Hall–Kier alpha value is -0.840. The van der Waals surface area contributed by atoms with Crippen LogP contribution < -0.4 is 0 Å². The van der Waals surface area contributed by atoms with E-state index in [0.717, 1.165) is 0 Å². The molecule has 1 aromatic heterocycles. The summed E-state index contributed by atoms with van der Waals surface area (Å²) in [5.41, 5.74) is 0. The van der Waals surface area contributed by atoms with Gasteiger partial charge in [0.25, 0.3) is 0 Å². The van der Waals surface area contributed by atoms with Gasteiger partial charge in [0.1, 0.15) is 6.26 Å². The molecular formula is C4H4N2O2S. The number of hydrogen-bond donors (Lipinski definition) is 1. The maximum absolute atomic E-state index is 10.4. The van der Waals surface area contributed by atoms with Crippen LogP contribution in [0.5, 0.6) is 0 Å². The van der Waals surface area contributed by atoms with Crippen LogP contribution in [-0.4, -0.2) is 18.4 Å². The molecule has 0 fully saturated rings. The molecule has 4 nitrogen and oxygen atoms in total. The fourth-order valence-corrected chi connectivity index (χ4v) is 0.846. The maximum atomic E-state index is 10.4. The van der Waals surface area contributed by atoms with Crippen molar-refractivity contribution in [2.45, 2.75) is 5.16 Å². The zero-order valence-electron chi connectivity index (χ0n) is 4.40. The molecule has 2 radical (unpaired) electrons. The van der Waals surface area contributed by atoms with Crippen LogP contribution >= 0.6 is 0 Å². The van der Waals surface area contributed by atoms with Gasteiger partial charge in [0.2, 0.25) is 15.0 Å². The second kappa shape index (κ2) is 1.84. The summed E-state index contributed by atoms with van der Waals surface area (Å²) < 4.78 is 20.8. The Kier molecular flexibility index (Phi) is 1.28. The molecule has 0 spiro atoms. The fraction of sp³-hybridized carbons (Fsp3) is 0. The number of aromatic nitrogens is 2. The number of nitrogens with one attached hydrogen (secondary N) is 1. The summed E-state index contributed by atoms with van der Waals surface area (Å²) in [4.78, 5) is 5.77. The van der Waals surface area contributed by atoms with E-state index >= 15 is 0 Å². The van der Waals surface area contributed by atoms with Gasteiger partial charge in [-0.15, -0.1) is 0 Å². The molecular weight excluding hydrogens is 140 g/mol. The largest absolute Gasteiger partial charge is 0.336 e. The third-order valence-corrected chi connectivity index (χ3v) is 1.50. The van der Waals surface area contributed by atoms with E-state index in [1.807, 2.05) is 0 Å². The van der Waals surface area contributed by atoms with Crippen LogP contribution in [0.1, 0.15) is 0 Å². The molecule has 0 aliphatic carbocycles. The monoisotopic (exact) mass is 144 g/mol. The highest BCUT2D eigenvalue weighted by Crippen LogP contribution is 1.98. The fourth-order valence-electron chi connectivity index (χ4n) is 0.406. The van der Waals surface area contributed by atoms with Gasteiger partial charge >= 0.3 is 0 Å². The summed E-state index contributed by atoms with van der Waals surface area (Å²) in [6.45, 7) is 0. The Balaban J connectivity index is 3.20. The smallest absolute Gasteiger partial charge is 0.225 e. The van der Waals surface area contributed by atoms with Crippen LogP contribution in [0.4, 0.5) is 0 Å². The summed E-state index contributed by atoms with van der Waals surface area (Å²) in [5.74, 6) is 0. The predicted octanol–water partition coefficient (Wildman–Crippen LogP) is -0.148. The molecule has 0 amide bonds. The van der Waals surface area contributed by atoms with Gasteiger partial charge in [0, 0.05) is 12.4 Å². The number of H-pyrrole nitrogens is 1. The molecule has 1 rings (SSSR count). The number of aromatic amines is 1. The van der Waals surface area contributed by atoms with Gasteiger partial charge < -0.3 is 4.98 Å². The topological polar surface area (TPSA) is 62.8 Å². The first-order valence-electron chi connectivity index (χ1n) is 2.13. The number of sulfone groups is 1. The molecule has 0 saturated heterocycles. The molecule has 1 aromatic rings. The van der Waals surface area contributed by atoms with E-state index in [0.29, 0.717) is 0 Å². The number of hydrogen-bond acceptors (Lipinski definition) is 3. The summed E-state index contributed by atoms with van der Waals surface area (Å²) in [7, 11) is -3.63. The molecule has 0 saturated carbocycles. The second-order valence-electron chi connectivity index (χ2n) is 1.44. The van der Waals surface area contributed by atoms with Gasteiger partial charge in [-0.2, -0.15) is 0 Å². The van der Waals surface area contributed by atoms with Crippen LogP contribution in [-0.2, 0) is 9.84 Å². The van der Waals surface area contributed by atoms with Crippen LogP contribution in [0.2, 0.25) is 0 Å². The van der Waals surface area contributed by atoms with Crippen molar-refractivity contribution < 1.29 is 8.42 Å². The van der Waals surface area contributed by atoms with Crippen molar-refractivity contribution in [1.29, 1.82) is 0 Å². The second-order valence-corrected chi connectivity index (χ2v) is 2.92. The molecule has 0 aliphatic heterocycles. The van der Waals surface area contributed by atoms with E-state index in [4.69, 9.17) is 0 Å². The number of rotatable bonds is 1. The highest BCUT2D eigenvalue weighted by Gasteiger charge is 2.07. The average Bonchev–Trinajstić information content (AvgIpc) is 2.08. The van der Waals surface area contributed by atoms with Gasteiger partial charge in [-0.1, -0.05) is 0 Å². The average molecular weight is 144 g/mol. The highest BCUT2D eigenvalue weighted by molar-refractivity contribution is 7.92. The number of nitrogens with zero attached hydrogens (tertiary/aromatic N) is 1. The Bertz CT molecular complexity index is 274. The Morgan fingerprint density at radius 2 is 2.33 bits per heavy atom. The zero-order chi connectivity index (χ0) is 6.91. The summed E-state index contributed by atoms with van der Waals surface area (Å²) in [6, 6.07) is 0. The first-order chi connectivity index (χ1) is 4.11. The van der Waals surface area contributed by atoms with Gasteiger partial charge in [0.05, 0.1) is 0 Å². The van der Waals surface area contributed by atoms with Crippen LogP contribution in [0.3, 0.4) is 0 Å². The molecule has 0 atom stereocenters. The van der Waals surface area contributed by atoms with Gasteiger partial charge in [-0.3, -0.25) is 0 Å². The quantitative estimate of drug-likeness (QED) is 0.596. The Labute approximate surface area is 52.9 Å². The van der Waals surface area contributed by atoms with Gasteiger partial charge in [0.15, 0.2) is 0 Å². The zero-order valence-corrected chi connectivity index (χ0v) is 5.22. The molecule has 0 bridgehead atoms. The minimum absolute atomic E-state index is 0.206. The van der Waals surface area contributed by atoms with Crippen LogP contribution in [0, 0.1) is 6.26 Å². The molecule has 0 aromatic carbocycles. The summed E-state index contributed by atoms with van der Waals surface area (Å²) >= 11 is 0. The molecule has 1 N–H and O–H groups in total. The molecule has 5 heteroatoms. The van der Waals surface area contributed by atoms with Crippen molar-refractivity contribution in [1.82, 2.24) is 9.97 Å². The lowest BCUT2D eigenvalue weighted by molar-refractivity contribution is 0.597. The van der Waals surface area contributed by atoms with Crippen molar-refractivity contribution in [3.05, 3.63) is 18.6 Å². The first kappa shape index (κ1) is 6.28. The van der Waals surface area contributed by atoms with Crippen molar-refractivity contribution in [2.24, 2.45) is 0 Å². The molecule has 9 heavy (non-hydrogen) atoms. The van der Waals surface area contributed by atoms with Gasteiger partial charge in [-0.25, -0.2) is 13.4 Å². The Morgan fingerprint density at radius 3 is 2.56 bits per heavy atom. The van der Waals surface area contributed by atoms with Crippen LogP contribution in [0.25, 0.3) is 0 Å². The lowest BCUT2D eigenvalue weighted by Crippen LogP contribution is -1.95. The minimum atomic E-state index is -3.63. The van der Waals surface area contributed by atoms with E-state index < -0.39 is 9.84 Å². The summed E-state index contributed by atoms with van der Waals surface area (Å²) in [6.07, 6.45) is 7.39. The van der Waals surface area contributed by atoms with Crippen molar-refractivity contribution in [2.75, 3.05) is 0 Å². The Morgan fingerprint density at radius 1 is 1.67 bits per heavy atom. The standard InChI is InChI=1S/C4H4N2O2S/c1-9(7,8)4-5-2-3-6-4/h1-3H,(H,5,6). The molecule has 0 unspecified atom stereocenters. The number of imidazole rings is 1. The highest BCUT2D eigenvalue weighted by atomic mass is 32.2. The lowest BCUT2D eigenvalue weighted by Gasteiger charge is -1.85. The SMILES string of the molecule is [CH]S(=O)(=O)c1ncc[nH]1. The van der Waals surface area contributed by atoms with E-state index in [1.54, 1.807) is 0 Å². The van der Waals surface area contributed by atoms with E-state index in [-0.39, 0.29) is 5.16 Å². The van der Waals surface area contributed by atoms with E-state index in [2.05, 4.69) is 16.2 Å². The summed E-state index contributed by atoms with van der Waals surface area (Å²) in [5, 5.41) is -0.206. The minimum Gasteiger partial charge on any atom is -0.336 e. The van der Waals surface area contributed by atoms with E-state index in [1.165, 1.54) is 12.4 Å². The third-order valence-electron chi connectivity index (χ3n) is 0.743. The normalized spacial score (nSPS) is 11.7. The van der Waals surface area contributed by atoms with Gasteiger partial charge in [-0.05, 0) is 0 Å². The predicted molar refractivity (Wildman–Crippen MR) is 30.1 cm³/mol.